The van der Waals surface area contributed by atoms with Crippen molar-refractivity contribution < 1.29 is 5.11 Å². The van der Waals surface area contributed by atoms with Crippen LogP contribution in [0.4, 0.5) is 0 Å². The molecule has 1 heterocycles. The first-order chi connectivity index (χ1) is 7.80. The van der Waals surface area contributed by atoms with Crippen molar-refractivity contribution in [2.24, 2.45) is 5.92 Å². The Hall–Kier alpha value is -0.860. The van der Waals surface area contributed by atoms with Crippen LogP contribution in [0.1, 0.15) is 37.3 Å². The second-order valence-corrected chi connectivity index (χ2v) is 5.21. The van der Waals surface area contributed by atoms with Crippen molar-refractivity contribution in [1.82, 2.24) is 5.32 Å². The maximum Gasteiger partial charge on any atom is 0.0706 e. The van der Waals surface area contributed by atoms with Crippen LogP contribution >= 0.6 is 0 Å². The molecule has 2 N–H and O–H groups in total. The summed E-state index contributed by atoms with van der Waals surface area (Å²) in [5, 5.41) is 14.1. The quantitative estimate of drug-likeness (QED) is 0.796. The predicted octanol–water partition coefficient (Wildman–Crippen LogP) is 2.25. The zero-order valence-electron chi connectivity index (χ0n) is 9.52. The molecule has 0 spiro atoms. The SMILES string of the molecule is OC1([C@@H]2CN[C@H]2c2ccccc2)CCCC1. The van der Waals surface area contributed by atoms with Crippen molar-refractivity contribution in [1.29, 1.82) is 0 Å². The molecule has 1 saturated carbocycles. The molecule has 0 unspecified atom stereocenters. The molecule has 86 valence electrons. The molecule has 1 aromatic carbocycles. The van der Waals surface area contributed by atoms with Crippen LogP contribution in [0.5, 0.6) is 0 Å². The molecule has 0 bridgehead atoms. The van der Waals surface area contributed by atoms with E-state index in [0.717, 1.165) is 19.4 Å². The lowest BCUT2D eigenvalue weighted by Gasteiger charge is -2.47. The van der Waals surface area contributed by atoms with Gasteiger partial charge in [0.15, 0.2) is 0 Å². The Kier molecular flexibility index (Phi) is 2.49. The molecule has 0 aromatic heterocycles. The molecule has 2 fully saturated rings. The lowest BCUT2D eigenvalue weighted by atomic mass is 9.73. The van der Waals surface area contributed by atoms with Gasteiger partial charge in [0.25, 0.3) is 0 Å². The third-order valence-corrected chi connectivity index (χ3v) is 4.28. The summed E-state index contributed by atoms with van der Waals surface area (Å²) in [5.74, 6) is 0.414. The summed E-state index contributed by atoms with van der Waals surface area (Å²) in [5.41, 5.74) is 0.922. The largest absolute Gasteiger partial charge is 0.389 e. The van der Waals surface area contributed by atoms with Crippen LogP contribution in [0.2, 0.25) is 0 Å². The molecule has 0 amide bonds. The summed E-state index contributed by atoms with van der Waals surface area (Å²) in [7, 11) is 0. The monoisotopic (exact) mass is 217 g/mol. The van der Waals surface area contributed by atoms with Crippen molar-refractivity contribution >= 4 is 0 Å². The minimum atomic E-state index is -0.397. The van der Waals surface area contributed by atoms with Gasteiger partial charge in [0.1, 0.15) is 0 Å². The van der Waals surface area contributed by atoms with Crippen LogP contribution in [0.3, 0.4) is 0 Å². The number of benzene rings is 1. The summed E-state index contributed by atoms with van der Waals surface area (Å²) in [6.45, 7) is 0.968. The third kappa shape index (κ3) is 1.57. The van der Waals surface area contributed by atoms with E-state index in [2.05, 4.69) is 29.6 Å². The van der Waals surface area contributed by atoms with Crippen molar-refractivity contribution in [2.45, 2.75) is 37.3 Å². The van der Waals surface area contributed by atoms with Gasteiger partial charge in [-0.3, -0.25) is 0 Å². The maximum absolute atomic E-state index is 10.6. The molecule has 1 aliphatic heterocycles. The van der Waals surface area contributed by atoms with Gasteiger partial charge in [0.05, 0.1) is 5.60 Å². The van der Waals surface area contributed by atoms with Gasteiger partial charge in [0.2, 0.25) is 0 Å². The van der Waals surface area contributed by atoms with Crippen molar-refractivity contribution in [3.63, 3.8) is 0 Å². The van der Waals surface area contributed by atoms with Gasteiger partial charge >= 0.3 is 0 Å². The average Bonchev–Trinajstić information content (AvgIpc) is 2.65. The molecule has 1 aliphatic carbocycles. The second kappa shape index (κ2) is 3.86. The first kappa shape index (κ1) is 10.3. The highest BCUT2D eigenvalue weighted by Gasteiger charge is 2.48. The highest BCUT2D eigenvalue weighted by molar-refractivity contribution is 5.24. The fraction of sp³-hybridized carbons (Fsp3) is 0.571. The van der Waals surface area contributed by atoms with E-state index >= 15 is 0 Å². The van der Waals surface area contributed by atoms with E-state index in [0.29, 0.717) is 12.0 Å². The first-order valence-corrected chi connectivity index (χ1v) is 6.30. The molecule has 2 heteroatoms. The molecule has 2 aliphatic rings. The molecule has 3 rings (SSSR count). The van der Waals surface area contributed by atoms with E-state index in [1.165, 1.54) is 18.4 Å². The minimum Gasteiger partial charge on any atom is -0.389 e. The van der Waals surface area contributed by atoms with Crippen LogP contribution in [-0.2, 0) is 0 Å². The lowest BCUT2D eigenvalue weighted by molar-refractivity contribution is -0.0580. The Bertz CT molecular complexity index is 356. The van der Waals surface area contributed by atoms with Gasteiger partial charge < -0.3 is 10.4 Å². The lowest BCUT2D eigenvalue weighted by Crippen LogP contribution is -2.56. The number of hydrogen-bond donors (Lipinski definition) is 2. The molecular formula is C14H19NO. The molecular weight excluding hydrogens is 198 g/mol. The van der Waals surface area contributed by atoms with Crippen LogP contribution in [0, 0.1) is 5.92 Å². The highest BCUT2D eigenvalue weighted by Crippen LogP contribution is 2.45. The van der Waals surface area contributed by atoms with Crippen molar-refractivity contribution in [3.8, 4) is 0 Å². The Balaban J connectivity index is 1.79. The van der Waals surface area contributed by atoms with E-state index in [1.807, 2.05) is 6.07 Å². The second-order valence-electron chi connectivity index (χ2n) is 5.21. The van der Waals surface area contributed by atoms with Crippen LogP contribution in [0.15, 0.2) is 30.3 Å². The number of hydrogen-bond acceptors (Lipinski definition) is 2. The van der Waals surface area contributed by atoms with Gasteiger partial charge in [-0.05, 0) is 18.4 Å². The standard InChI is InChI=1S/C14H19NO/c16-14(8-4-5-9-14)12-10-15-13(12)11-6-2-1-3-7-11/h1-3,6-7,12-13,15-16H,4-5,8-10H2/t12-,13+/m1/s1. The van der Waals surface area contributed by atoms with Gasteiger partial charge in [-0.2, -0.15) is 0 Å². The normalized spacial score (nSPS) is 32.3. The number of nitrogens with one attached hydrogen (secondary N) is 1. The Morgan fingerprint density at radius 2 is 1.81 bits per heavy atom. The summed E-state index contributed by atoms with van der Waals surface area (Å²) >= 11 is 0. The van der Waals surface area contributed by atoms with E-state index in [1.54, 1.807) is 0 Å². The third-order valence-electron chi connectivity index (χ3n) is 4.28. The smallest absolute Gasteiger partial charge is 0.0706 e. The van der Waals surface area contributed by atoms with E-state index in [-0.39, 0.29) is 0 Å². The Morgan fingerprint density at radius 1 is 1.12 bits per heavy atom. The Labute approximate surface area is 96.7 Å². The topological polar surface area (TPSA) is 32.3 Å². The first-order valence-electron chi connectivity index (χ1n) is 6.30. The van der Waals surface area contributed by atoms with Gasteiger partial charge in [-0.15, -0.1) is 0 Å². The molecule has 2 atom stereocenters. The number of rotatable bonds is 2. The fourth-order valence-corrected chi connectivity index (χ4v) is 3.22. The summed E-state index contributed by atoms with van der Waals surface area (Å²) < 4.78 is 0. The van der Waals surface area contributed by atoms with Crippen molar-refractivity contribution in [2.75, 3.05) is 6.54 Å². The van der Waals surface area contributed by atoms with Gasteiger partial charge in [-0.1, -0.05) is 43.2 Å². The molecule has 1 saturated heterocycles. The molecule has 1 aromatic rings. The van der Waals surface area contributed by atoms with Crippen molar-refractivity contribution in [3.05, 3.63) is 35.9 Å². The molecule has 0 radical (unpaired) electrons. The summed E-state index contributed by atoms with van der Waals surface area (Å²) in [6, 6.07) is 10.9. The highest BCUT2D eigenvalue weighted by atomic mass is 16.3. The van der Waals surface area contributed by atoms with Gasteiger partial charge in [-0.25, -0.2) is 0 Å². The molecule has 2 nitrogen and oxygen atoms in total. The predicted molar refractivity (Wildman–Crippen MR) is 64.1 cm³/mol. The average molecular weight is 217 g/mol. The van der Waals surface area contributed by atoms with E-state index < -0.39 is 5.60 Å². The fourth-order valence-electron chi connectivity index (χ4n) is 3.22. The van der Waals surface area contributed by atoms with Gasteiger partial charge in [0, 0.05) is 18.5 Å². The minimum absolute atomic E-state index is 0.365. The zero-order valence-corrected chi connectivity index (χ0v) is 9.52. The summed E-state index contributed by atoms with van der Waals surface area (Å²) in [4.78, 5) is 0. The van der Waals surface area contributed by atoms with E-state index in [4.69, 9.17) is 0 Å². The molecule has 16 heavy (non-hydrogen) atoms. The van der Waals surface area contributed by atoms with Crippen LogP contribution in [-0.4, -0.2) is 17.3 Å². The van der Waals surface area contributed by atoms with Crippen LogP contribution in [0.25, 0.3) is 0 Å². The Morgan fingerprint density at radius 3 is 2.38 bits per heavy atom. The number of aliphatic hydroxyl groups is 1. The summed E-state index contributed by atoms with van der Waals surface area (Å²) in [6.07, 6.45) is 4.36. The maximum atomic E-state index is 10.6. The van der Waals surface area contributed by atoms with Crippen LogP contribution < -0.4 is 5.32 Å². The van der Waals surface area contributed by atoms with E-state index in [9.17, 15) is 5.11 Å². The zero-order chi connectivity index (χ0) is 11.0.